The van der Waals surface area contributed by atoms with Crippen LogP contribution < -0.4 is 0 Å². The molecule has 252 valence electrons. The van der Waals surface area contributed by atoms with Crippen LogP contribution in [0.25, 0.3) is 110 Å². The standard InChI is InChI=1S/C48H28N4OS/c1-3-12-30(13-4-1)39-25-36(24-33-17-9-10-18-37(33)39)47-51-45(34-20-19-29-11-7-8-16-32(29)23-34)50-46(52-47)35-21-22-38-40-27-44-41(28-43(40)53-42(38)26-35)49-48(54-44)31-14-5-2-6-15-31/h1-28H. The van der Waals surface area contributed by atoms with Gasteiger partial charge in [-0.15, -0.1) is 11.3 Å². The molecule has 0 saturated heterocycles. The normalized spacial score (nSPS) is 11.7. The first kappa shape index (κ1) is 30.6. The van der Waals surface area contributed by atoms with Gasteiger partial charge >= 0.3 is 0 Å². The third kappa shape index (κ3) is 5.23. The van der Waals surface area contributed by atoms with Gasteiger partial charge in [0.1, 0.15) is 16.2 Å². The summed E-state index contributed by atoms with van der Waals surface area (Å²) in [5.41, 5.74) is 8.59. The van der Waals surface area contributed by atoms with Crippen molar-refractivity contribution < 1.29 is 4.42 Å². The van der Waals surface area contributed by atoms with E-state index in [1.54, 1.807) is 11.3 Å². The van der Waals surface area contributed by atoms with Crippen molar-refractivity contribution in [2.24, 2.45) is 0 Å². The monoisotopic (exact) mass is 708 g/mol. The second-order valence-corrected chi connectivity index (χ2v) is 14.5. The van der Waals surface area contributed by atoms with E-state index in [4.69, 9.17) is 24.4 Å². The number of nitrogens with zero attached hydrogens (tertiary/aromatic N) is 4. The first-order valence-corrected chi connectivity index (χ1v) is 18.7. The van der Waals surface area contributed by atoms with Gasteiger partial charge in [-0.3, -0.25) is 0 Å². The Hall–Kier alpha value is -7.02. The lowest BCUT2D eigenvalue weighted by Crippen LogP contribution is -2.00. The molecule has 5 nitrogen and oxygen atoms in total. The summed E-state index contributed by atoms with van der Waals surface area (Å²) in [6.07, 6.45) is 0. The molecule has 0 aliphatic carbocycles. The van der Waals surface area contributed by atoms with Crippen LogP contribution in [0.2, 0.25) is 0 Å². The lowest BCUT2D eigenvalue weighted by molar-refractivity contribution is 0.669. The van der Waals surface area contributed by atoms with E-state index in [0.717, 1.165) is 81.3 Å². The smallest absolute Gasteiger partial charge is 0.164 e. The Morgan fingerprint density at radius 2 is 0.981 bits per heavy atom. The Bertz CT molecular complexity index is 3220. The first-order chi connectivity index (χ1) is 26.7. The molecule has 0 radical (unpaired) electrons. The molecule has 0 amide bonds. The number of benzene rings is 8. The van der Waals surface area contributed by atoms with E-state index in [1.807, 2.05) is 30.3 Å². The summed E-state index contributed by atoms with van der Waals surface area (Å²) in [5.74, 6) is 1.80. The Labute approximate surface area is 313 Å². The van der Waals surface area contributed by atoms with E-state index >= 15 is 0 Å². The number of thiazole rings is 1. The zero-order chi connectivity index (χ0) is 35.6. The van der Waals surface area contributed by atoms with Crippen LogP contribution in [0.3, 0.4) is 0 Å². The summed E-state index contributed by atoms with van der Waals surface area (Å²) in [6, 6.07) is 58.9. The van der Waals surface area contributed by atoms with E-state index < -0.39 is 0 Å². The molecule has 11 rings (SSSR count). The second kappa shape index (κ2) is 12.3. The molecule has 0 spiro atoms. The van der Waals surface area contributed by atoms with E-state index in [9.17, 15) is 0 Å². The molecule has 0 bridgehead atoms. The van der Waals surface area contributed by atoms with Crippen molar-refractivity contribution >= 4 is 65.0 Å². The summed E-state index contributed by atoms with van der Waals surface area (Å²) in [5, 5.41) is 7.70. The maximum absolute atomic E-state index is 6.52. The molecule has 3 heterocycles. The summed E-state index contributed by atoms with van der Waals surface area (Å²) < 4.78 is 7.65. The maximum Gasteiger partial charge on any atom is 0.164 e. The molecule has 11 aromatic rings. The zero-order valence-corrected chi connectivity index (χ0v) is 29.6. The number of furan rings is 1. The maximum atomic E-state index is 6.52. The average Bonchev–Trinajstić information content (AvgIpc) is 3.82. The quantitative estimate of drug-likeness (QED) is 0.178. The highest BCUT2D eigenvalue weighted by Gasteiger charge is 2.18. The highest BCUT2D eigenvalue weighted by atomic mass is 32.1. The minimum absolute atomic E-state index is 0.579. The number of fused-ring (bicyclic) bond motifs is 6. The van der Waals surface area contributed by atoms with Gasteiger partial charge < -0.3 is 4.42 Å². The molecule has 0 atom stereocenters. The van der Waals surface area contributed by atoms with Gasteiger partial charge in [0, 0.05) is 39.1 Å². The predicted octanol–water partition coefficient (Wildman–Crippen LogP) is 13.0. The van der Waals surface area contributed by atoms with Gasteiger partial charge in [0.05, 0.1) is 10.2 Å². The lowest BCUT2D eigenvalue weighted by Gasteiger charge is -2.12. The molecule has 0 fully saturated rings. The molecular weight excluding hydrogens is 681 g/mol. The van der Waals surface area contributed by atoms with Crippen molar-refractivity contribution in [1.82, 2.24) is 19.9 Å². The third-order valence-electron chi connectivity index (χ3n) is 10.1. The molecular formula is C48H28N4OS. The van der Waals surface area contributed by atoms with Crippen LogP contribution in [0.4, 0.5) is 0 Å². The van der Waals surface area contributed by atoms with Crippen LogP contribution >= 0.6 is 11.3 Å². The van der Waals surface area contributed by atoms with Crippen LogP contribution in [0.15, 0.2) is 174 Å². The number of aromatic nitrogens is 4. The van der Waals surface area contributed by atoms with Crippen molar-refractivity contribution in [3.63, 3.8) is 0 Å². The first-order valence-electron chi connectivity index (χ1n) is 17.9. The minimum atomic E-state index is 0.579. The van der Waals surface area contributed by atoms with Crippen molar-refractivity contribution in [2.75, 3.05) is 0 Å². The van der Waals surface area contributed by atoms with Gasteiger partial charge in [0.2, 0.25) is 0 Å². The highest BCUT2D eigenvalue weighted by Crippen LogP contribution is 2.39. The van der Waals surface area contributed by atoms with E-state index in [1.165, 1.54) is 10.8 Å². The minimum Gasteiger partial charge on any atom is -0.456 e. The highest BCUT2D eigenvalue weighted by molar-refractivity contribution is 7.21. The summed E-state index contributed by atoms with van der Waals surface area (Å²) in [4.78, 5) is 20.4. The Balaban J connectivity index is 1.08. The van der Waals surface area contributed by atoms with Crippen LogP contribution in [0.1, 0.15) is 0 Å². The van der Waals surface area contributed by atoms with Gasteiger partial charge in [0.25, 0.3) is 0 Å². The average molecular weight is 709 g/mol. The molecule has 0 saturated carbocycles. The van der Waals surface area contributed by atoms with E-state index in [-0.39, 0.29) is 0 Å². The van der Waals surface area contributed by atoms with Crippen LogP contribution in [0.5, 0.6) is 0 Å². The SMILES string of the molecule is c1ccc(-c2nc3cc4oc5cc(-c6nc(-c7ccc8ccccc8c7)nc(-c7cc(-c8ccccc8)c8ccccc8c7)n6)ccc5c4cc3s2)cc1. The fourth-order valence-electron chi connectivity index (χ4n) is 7.43. The van der Waals surface area contributed by atoms with Crippen molar-refractivity contribution in [3.8, 4) is 55.9 Å². The topological polar surface area (TPSA) is 64.7 Å². The van der Waals surface area contributed by atoms with Gasteiger partial charge in [-0.05, 0) is 69.1 Å². The van der Waals surface area contributed by atoms with Gasteiger partial charge in [0.15, 0.2) is 17.5 Å². The van der Waals surface area contributed by atoms with Gasteiger partial charge in [-0.1, -0.05) is 127 Å². The fraction of sp³-hybridized carbons (Fsp3) is 0. The van der Waals surface area contributed by atoms with E-state index in [2.05, 4.69) is 140 Å². The Kier molecular flexibility index (Phi) is 6.97. The second-order valence-electron chi connectivity index (χ2n) is 13.5. The molecule has 0 aliphatic rings. The zero-order valence-electron chi connectivity index (χ0n) is 28.8. The largest absolute Gasteiger partial charge is 0.456 e. The predicted molar refractivity (Wildman–Crippen MR) is 222 cm³/mol. The number of rotatable bonds is 5. The summed E-state index contributed by atoms with van der Waals surface area (Å²) >= 11 is 1.70. The lowest BCUT2D eigenvalue weighted by atomic mass is 9.95. The Morgan fingerprint density at radius 3 is 1.78 bits per heavy atom. The molecule has 0 unspecified atom stereocenters. The molecule has 8 aromatic carbocycles. The summed E-state index contributed by atoms with van der Waals surface area (Å²) in [6.45, 7) is 0. The van der Waals surface area contributed by atoms with Crippen LogP contribution in [0, 0.1) is 0 Å². The van der Waals surface area contributed by atoms with E-state index in [0.29, 0.717) is 17.5 Å². The molecule has 0 N–H and O–H groups in total. The summed E-state index contributed by atoms with van der Waals surface area (Å²) in [7, 11) is 0. The van der Waals surface area contributed by atoms with Crippen LogP contribution in [-0.2, 0) is 0 Å². The number of hydrogen-bond donors (Lipinski definition) is 0. The van der Waals surface area contributed by atoms with Crippen molar-refractivity contribution in [3.05, 3.63) is 170 Å². The van der Waals surface area contributed by atoms with Gasteiger partial charge in [-0.2, -0.15) is 0 Å². The molecule has 54 heavy (non-hydrogen) atoms. The molecule has 3 aromatic heterocycles. The Morgan fingerprint density at radius 1 is 0.370 bits per heavy atom. The van der Waals surface area contributed by atoms with Gasteiger partial charge in [-0.25, -0.2) is 19.9 Å². The fourth-order valence-corrected chi connectivity index (χ4v) is 8.42. The third-order valence-corrected chi connectivity index (χ3v) is 11.2. The number of hydrogen-bond acceptors (Lipinski definition) is 6. The molecule has 6 heteroatoms. The van der Waals surface area contributed by atoms with Crippen molar-refractivity contribution in [2.45, 2.75) is 0 Å². The molecule has 0 aliphatic heterocycles. The van der Waals surface area contributed by atoms with Crippen LogP contribution in [-0.4, -0.2) is 19.9 Å². The van der Waals surface area contributed by atoms with Crippen molar-refractivity contribution in [1.29, 1.82) is 0 Å².